The Morgan fingerprint density at radius 1 is 1.77 bits per heavy atom. The van der Waals surface area contributed by atoms with Crippen LogP contribution in [0, 0.1) is 0 Å². The van der Waals surface area contributed by atoms with E-state index in [4.69, 9.17) is 0 Å². The van der Waals surface area contributed by atoms with Gasteiger partial charge in [-0.25, -0.2) is 10.4 Å². The zero-order valence-corrected chi connectivity index (χ0v) is 6.37. The molecule has 0 fully saturated rings. The predicted molar refractivity (Wildman–Crippen MR) is 40.3 cm³/mol. The highest BCUT2D eigenvalue weighted by Crippen LogP contribution is 1.90. The fourth-order valence-corrected chi connectivity index (χ4v) is 0.554. The van der Waals surface area contributed by atoms with Crippen molar-refractivity contribution in [3.05, 3.63) is 18.2 Å². The molecule has 2 N–H and O–H groups in total. The largest absolute Gasteiger partial charge is 0.344 e. The molecule has 0 atom stereocenters. The van der Waals surface area contributed by atoms with Gasteiger partial charge in [0.25, 0.3) is 0 Å². The van der Waals surface area contributed by atoms with Gasteiger partial charge in [-0.15, -0.1) is 0 Å². The average Bonchev–Trinajstić information content (AvgIpc) is 2.56. The molecule has 1 aromatic rings. The number of nitrogens with zero attached hydrogens (tertiary/aromatic N) is 2. The van der Waals surface area contributed by atoms with Gasteiger partial charge in [-0.2, -0.15) is 13.9 Å². The molecule has 0 bridgehead atoms. The summed E-state index contributed by atoms with van der Waals surface area (Å²) in [5.74, 6) is -1.07. The molecule has 7 heteroatoms. The van der Waals surface area contributed by atoms with Gasteiger partial charge in [0.05, 0.1) is 6.21 Å². The second kappa shape index (κ2) is 4.29. The SMILES string of the molecule is O=C(N/N=C/c1ncc[nH]1)C(F)F. The van der Waals surface area contributed by atoms with Crippen LogP contribution in [0.4, 0.5) is 8.78 Å². The van der Waals surface area contributed by atoms with Crippen molar-refractivity contribution in [2.75, 3.05) is 0 Å². The van der Waals surface area contributed by atoms with E-state index in [9.17, 15) is 13.6 Å². The number of hydrazone groups is 1. The standard InChI is InChI=1S/C6H6F2N4O/c7-5(8)6(13)12-11-3-4-9-1-2-10-4/h1-3,5H,(H,9,10)(H,12,13)/b11-3+. The topological polar surface area (TPSA) is 70.1 Å². The minimum absolute atomic E-state index is 0.370. The highest BCUT2D eigenvalue weighted by molar-refractivity contribution is 5.81. The number of amides is 1. The van der Waals surface area contributed by atoms with Crippen LogP contribution in [0.25, 0.3) is 0 Å². The van der Waals surface area contributed by atoms with Gasteiger partial charge in [0.2, 0.25) is 0 Å². The minimum Gasteiger partial charge on any atom is -0.344 e. The Hall–Kier alpha value is -1.79. The number of hydrogen-bond acceptors (Lipinski definition) is 3. The van der Waals surface area contributed by atoms with Crippen molar-refractivity contribution in [2.45, 2.75) is 6.43 Å². The van der Waals surface area contributed by atoms with Gasteiger partial charge in [0.15, 0.2) is 0 Å². The summed E-state index contributed by atoms with van der Waals surface area (Å²) in [6.45, 7) is 0. The van der Waals surface area contributed by atoms with Crippen molar-refractivity contribution in [2.24, 2.45) is 5.10 Å². The Bertz CT molecular complexity index is 296. The van der Waals surface area contributed by atoms with Crippen LogP contribution in [-0.4, -0.2) is 28.5 Å². The summed E-state index contributed by atoms with van der Waals surface area (Å²) in [6.07, 6.45) is 1.07. The summed E-state index contributed by atoms with van der Waals surface area (Å²) < 4.78 is 23.2. The predicted octanol–water partition coefficient (Wildman–Crippen LogP) is 0.125. The summed E-state index contributed by atoms with van der Waals surface area (Å²) in [5, 5.41) is 3.24. The van der Waals surface area contributed by atoms with Crippen LogP contribution in [0.2, 0.25) is 0 Å². The Morgan fingerprint density at radius 3 is 3.08 bits per heavy atom. The molecule has 1 aromatic heterocycles. The molecule has 1 rings (SSSR count). The van der Waals surface area contributed by atoms with Crippen molar-refractivity contribution < 1.29 is 13.6 Å². The fourth-order valence-electron chi connectivity index (χ4n) is 0.554. The number of nitrogens with one attached hydrogen (secondary N) is 2. The lowest BCUT2D eigenvalue weighted by atomic mass is 10.7. The molecule has 0 saturated carbocycles. The lowest BCUT2D eigenvalue weighted by Crippen LogP contribution is -2.24. The number of halogens is 2. The van der Waals surface area contributed by atoms with Gasteiger partial charge in [0.1, 0.15) is 5.82 Å². The molecular formula is C6H6F2N4O. The van der Waals surface area contributed by atoms with Crippen LogP contribution >= 0.6 is 0 Å². The Labute approximate surface area is 71.9 Å². The highest BCUT2D eigenvalue weighted by atomic mass is 19.3. The summed E-state index contributed by atoms with van der Waals surface area (Å²) in [5.41, 5.74) is 1.64. The van der Waals surface area contributed by atoms with Gasteiger partial charge >= 0.3 is 12.3 Å². The highest BCUT2D eigenvalue weighted by Gasteiger charge is 2.13. The number of aromatic amines is 1. The summed E-state index contributed by atoms with van der Waals surface area (Å²) in [7, 11) is 0. The lowest BCUT2D eigenvalue weighted by molar-refractivity contribution is -0.131. The minimum atomic E-state index is -3.06. The maximum atomic E-state index is 11.6. The van der Waals surface area contributed by atoms with Crippen LogP contribution in [0.5, 0.6) is 0 Å². The molecule has 0 spiro atoms. The number of carbonyl (C=O) groups excluding carboxylic acids is 1. The van der Waals surface area contributed by atoms with Crippen LogP contribution in [0.15, 0.2) is 17.5 Å². The number of aromatic nitrogens is 2. The number of rotatable bonds is 3. The number of imidazole rings is 1. The molecule has 0 saturated heterocycles. The van der Waals surface area contributed by atoms with Crippen molar-refractivity contribution in [1.29, 1.82) is 0 Å². The van der Waals surface area contributed by atoms with E-state index < -0.39 is 12.3 Å². The monoisotopic (exact) mass is 188 g/mol. The summed E-state index contributed by atoms with van der Waals surface area (Å²) >= 11 is 0. The molecule has 0 aromatic carbocycles. The molecule has 5 nitrogen and oxygen atoms in total. The van der Waals surface area contributed by atoms with E-state index in [-0.39, 0.29) is 0 Å². The van der Waals surface area contributed by atoms with Crippen molar-refractivity contribution >= 4 is 12.1 Å². The second-order valence-electron chi connectivity index (χ2n) is 2.01. The van der Waals surface area contributed by atoms with Crippen LogP contribution in [-0.2, 0) is 4.79 Å². The van der Waals surface area contributed by atoms with Crippen LogP contribution < -0.4 is 5.43 Å². The first-order valence-electron chi connectivity index (χ1n) is 3.30. The average molecular weight is 188 g/mol. The van der Waals surface area contributed by atoms with E-state index in [1.54, 1.807) is 5.43 Å². The number of carbonyl (C=O) groups is 1. The van der Waals surface area contributed by atoms with E-state index in [1.165, 1.54) is 12.4 Å². The molecule has 0 aliphatic carbocycles. The first-order valence-corrected chi connectivity index (χ1v) is 3.30. The van der Waals surface area contributed by atoms with Gasteiger partial charge < -0.3 is 4.98 Å². The summed E-state index contributed by atoms with van der Waals surface area (Å²) in [6, 6.07) is 0. The maximum Gasteiger partial charge on any atom is 0.317 e. The maximum absolute atomic E-state index is 11.6. The Kier molecular flexibility index (Phi) is 3.07. The second-order valence-corrected chi connectivity index (χ2v) is 2.01. The lowest BCUT2D eigenvalue weighted by Gasteiger charge is -1.94. The number of hydrogen-bond donors (Lipinski definition) is 2. The molecule has 0 aliphatic rings. The third kappa shape index (κ3) is 2.97. The number of H-pyrrole nitrogens is 1. The van der Waals surface area contributed by atoms with Gasteiger partial charge in [0, 0.05) is 12.4 Å². The van der Waals surface area contributed by atoms with Gasteiger partial charge in [-0.1, -0.05) is 0 Å². The van der Waals surface area contributed by atoms with Gasteiger partial charge in [-0.3, -0.25) is 4.79 Å². The van der Waals surface area contributed by atoms with Crippen molar-refractivity contribution in [3.8, 4) is 0 Å². The van der Waals surface area contributed by atoms with E-state index in [0.717, 1.165) is 6.21 Å². The van der Waals surface area contributed by atoms with Crippen LogP contribution in [0.1, 0.15) is 5.82 Å². The first kappa shape index (κ1) is 9.30. The van der Waals surface area contributed by atoms with E-state index in [0.29, 0.717) is 5.82 Å². The molecule has 1 amide bonds. The molecule has 0 unspecified atom stereocenters. The van der Waals surface area contributed by atoms with Crippen molar-refractivity contribution in [3.63, 3.8) is 0 Å². The van der Waals surface area contributed by atoms with Crippen molar-refractivity contribution in [1.82, 2.24) is 15.4 Å². The molecule has 0 aliphatic heterocycles. The number of alkyl halides is 2. The van der Waals surface area contributed by atoms with E-state index >= 15 is 0 Å². The van der Waals surface area contributed by atoms with E-state index in [1.807, 2.05) is 0 Å². The Balaban J connectivity index is 2.39. The van der Waals surface area contributed by atoms with E-state index in [2.05, 4.69) is 15.1 Å². The zero-order chi connectivity index (χ0) is 9.68. The molecule has 13 heavy (non-hydrogen) atoms. The molecule has 0 radical (unpaired) electrons. The third-order valence-corrected chi connectivity index (χ3v) is 1.08. The fraction of sp³-hybridized carbons (Fsp3) is 0.167. The first-order chi connectivity index (χ1) is 6.20. The Morgan fingerprint density at radius 2 is 2.54 bits per heavy atom. The van der Waals surface area contributed by atoms with Gasteiger partial charge in [-0.05, 0) is 0 Å². The normalized spacial score (nSPS) is 11.0. The smallest absolute Gasteiger partial charge is 0.317 e. The zero-order valence-electron chi connectivity index (χ0n) is 6.37. The quantitative estimate of drug-likeness (QED) is 0.522. The molecule has 70 valence electrons. The summed E-state index contributed by atoms with van der Waals surface area (Å²) in [4.78, 5) is 16.6. The van der Waals surface area contributed by atoms with Crippen LogP contribution in [0.3, 0.4) is 0 Å². The third-order valence-electron chi connectivity index (χ3n) is 1.08. The molecule has 1 heterocycles. The molecular weight excluding hydrogens is 182 g/mol.